The van der Waals surface area contributed by atoms with Crippen molar-refractivity contribution < 1.29 is 4.74 Å². The Morgan fingerprint density at radius 2 is 2.42 bits per heavy atom. The van der Waals surface area contributed by atoms with Gasteiger partial charge >= 0.3 is 0 Å². The summed E-state index contributed by atoms with van der Waals surface area (Å²) in [7, 11) is 0. The Kier molecular flexibility index (Phi) is 2.64. The quantitative estimate of drug-likeness (QED) is 0.633. The molecule has 0 aromatic rings. The highest BCUT2D eigenvalue weighted by atomic mass is 16.5. The molecule has 2 N–H and O–H groups in total. The van der Waals surface area contributed by atoms with Crippen molar-refractivity contribution >= 4 is 0 Å². The van der Waals surface area contributed by atoms with Gasteiger partial charge in [0.25, 0.3) is 0 Å². The van der Waals surface area contributed by atoms with Crippen LogP contribution in [0, 0.1) is 0 Å². The van der Waals surface area contributed by atoms with Crippen LogP contribution in [0.2, 0.25) is 0 Å². The van der Waals surface area contributed by atoms with Gasteiger partial charge < -0.3 is 15.4 Å². The number of nitrogens with one attached hydrogen (secondary N) is 2. The molecule has 2 aliphatic rings. The fraction of sp³-hybridized carbons (Fsp3) is 0.778. The highest BCUT2D eigenvalue weighted by Gasteiger charge is 2.18. The van der Waals surface area contributed by atoms with Crippen molar-refractivity contribution in [1.29, 1.82) is 0 Å². The first kappa shape index (κ1) is 8.08. The van der Waals surface area contributed by atoms with Crippen LogP contribution in [0.4, 0.5) is 0 Å². The third-order valence-corrected chi connectivity index (χ3v) is 2.44. The first-order valence-corrected chi connectivity index (χ1v) is 4.70. The molecule has 2 aliphatic heterocycles. The standard InChI is InChI=1S/C9H16N2O/c1-2-4-12-9(3-1)7-11-8-5-10-6-8/h2,4,8-11H,1,3,5-7H2. The van der Waals surface area contributed by atoms with E-state index >= 15 is 0 Å². The van der Waals surface area contributed by atoms with Crippen molar-refractivity contribution in [2.75, 3.05) is 19.6 Å². The Balaban J connectivity index is 1.62. The number of hydrogen-bond acceptors (Lipinski definition) is 3. The Morgan fingerprint density at radius 1 is 1.50 bits per heavy atom. The van der Waals surface area contributed by atoms with E-state index in [0.29, 0.717) is 12.1 Å². The van der Waals surface area contributed by atoms with E-state index in [2.05, 4.69) is 16.7 Å². The number of rotatable bonds is 3. The Bertz CT molecular complexity index is 166. The molecule has 3 heteroatoms. The number of hydrogen-bond donors (Lipinski definition) is 2. The van der Waals surface area contributed by atoms with Gasteiger partial charge in [0.2, 0.25) is 0 Å². The smallest absolute Gasteiger partial charge is 0.110 e. The first-order chi connectivity index (χ1) is 5.95. The summed E-state index contributed by atoms with van der Waals surface area (Å²) >= 11 is 0. The van der Waals surface area contributed by atoms with E-state index in [-0.39, 0.29) is 0 Å². The lowest BCUT2D eigenvalue weighted by atomic mass is 10.1. The second-order valence-corrected chi connectivity index (χ2v) is 3.47. The van der Waals surface area contributed by atoms with Crippen molar-refractivity contribution in [2.24, 2.45) is 0 Å². The van der Waals surface area contributed by atoms with Gasteiger partial charge in [-0.2, -0.15) is 0 Å². The highest BCUT2D eigenvalue weighted by Crippen LogP contribution is 2.09. The summed E-state index contributed by atoms with van der Waals surface area (Å²) in [6.45, 7) is 3.22. The second kappa shape index (κ2) is 3.92. The van der Waals surface area contributed by atoms with Gasteiger partial charge in [0.05, 0.1) is 6.26 Å². The van der Waals surface area contributed by atoms with Gasteiger partial charge in [-0.15, -0.1) is 0 Å². The largest absolute Gasteiger partial charge is 0.497 e. The molecule has 2 rings (SSSR count). The van der Waals surface area contributed by atoms with Gasteiger partial charge in [-0.25, -0.2) is 0 Å². The minimum Gasteiger partial charge on any atom is -0.497 e. The highest BCUT2D eigenvalue weighted by molar-refractivity contribution is 4.86. The molecule has 2 heterocycles. The van der Waals surface area contributed by atoms with Crippen LogP contribution in [0.5, 0.6) is 0 Å². The summed E-state index contributed by atoms with van der Waals surface area (Å²) in [4.78, 5) is 0. The lowest BCUT2D eigenvalue weighted by Crippen LogP contribution is -2.56. The van der Waals surface area contributed by atoms with Crippen molar-refractivity contribution in [3.05, 3.63) is 12.3 Å². The Morgan fingerprint density at radius 3 is 3.00 bits per heavy atom. The van der Waals surface area contributed by atoms with Crippen molar-refractivity contribution in [1.82, 2.24) is 10.6 Å². The van der Waals surface area contributed by atoms with Gasteiger partial charge in [0.15, 0.2) is 0 Å². The molecule has 0 radical (unpaired) electrons. The predicted molar refractivity (Wildman–Crippen MR) is 47.9 cm³/mol. The van der Waals surface area contributed by atoms with Gasteiger partial charge in [-0.05, 0) is 18.9 Å². The van der Waals surface area contributed by atoms with E-state index in [1.165, 1.54) is 0 Å². The third kappa shape index (κ3) is 1.99. The zero-order chi connectivity index (χ0) is 8.23. The van der Waals surface area contributed by atoms with Gasteiger partial charge in [-0.1, -0.05) is 0 Å². The first-order valence-electron chi connectivity index (χ1n) is 4.70. The van der Waals surface area contributed by atoms with E-state index in [4.69, 9.17) is 4.74 Å². The predicted octanol–water partition coefficient (Wildman–Crippen LogP) is 0.240. The summed E-state index contributed by atoms with van der Waals surface area (Å²) in [6.07, 6.45) is 6.63. The van der Waals surface area contributed by atoms with Crippen LogP contribution in [0.3, 0.4) is 0 Å². The van der Waals surface area contributed by atoms with Crippen LogP contribution >= 0.6 is 0 Å². The van der Waals surface area contributed by atoms with Gasteiger partial charge in [-0.3, -0.25) is 0 Å². The fourth-order valence-corrected chi connectivity index (χ4v) is 1.47. The van der Waals surface area contributed by atoms with Gasteiger partial charge in [0, 0.05) is 25.7 Å². The summed E-state index contributed by atoms with van der Waals surface area (Å²) in [5, 5.41) is 6.70. The maximum atomic E-state index is 5.43. The molecule has 0 spiro atoms. The van der Waals surface area contributed by atoms with E-state index in [1.54, 1.807) is 0 Å². The zero-order valence-electron chi connectivity index (χ0n) is 7.25. The molecule has 0 aliphatic carbocycles. The molecular weight excluding hydrogens is 152 g/mol. The molecule has 0 amide bonds. The van der Waals surface area contributed by atoms with Crippen LogP contribution in [0.25, 0.3) is 0 Å². The maximum absolute atomic E-state index is 5.43. The average molecular weight is 168 g/mol. The molecular formula is C9H16N2O. The maximum Gasteiger partial charge on any atom is 0.110 e. The minimum atomic E-state index is 0.399. The topological polar surface area (TPSA) is 33.3 Å². The molecule has 0 aromatic heterocycles. The number of allylic oxidation sites excluding steroid dienone is 1. The van der Waals surface area contributed by atoms with Crippen LogP contribution < -0.4 is 10.6 Å². The Labute approximate surface area is 73.2 Å². The average Bonchev–Trinajstić information content (AvgIpc) is 2.04. The van der Waals surface area contributed by atoms with Crippen LogP contribution in [-0.2, 0) is 4.74 Å². The summed E-state index contributed by atoms with van der Waals surface area (Å²) in [5.74, 6) is 0. The van der Waals surface area contributed by atoms with Crippen LogP contribution in [0.15, 0.2) is 12.3 Å². The monoisotopic (exact) mass is 168 g/mol. The van der Waals surface area contributed by atoms with E-state index in [9.17, 15) is 0 Å². The molecule has 1 unspecified atom stereocenters. The SMILES string of the molecule is C1=COC(CNC2CNC2)CC1. The van der Waals surface area contributed by atoms with Crippen LogP contribution in [0.1, 0.15) is 12.8 Å². The molecule has 0 aromatic carbocycles. The van der Waals surface area contributed by atoms with E-state index in [0.717, 1.165) is 32.5 Å². The lowest BCUT2D eigenvalue weighted by molar-refractivity contribution is 0.116. The fourth-order valence-electron chi connectivity index (χ4n) is 1.47. The van der Waals surface area contributed by atoms with Crippen molar-refractivity contribution in [3.63, 3.8) is 0 Å². The molecule has 0 saturated carbocycles. The van der Waals surface area contributed by atoms with Crippen molar-refractivity contribution in [3.8, 4) is 0 Å². The molecule has 68 valence electrons. The van der Waals surface area contributed by atoms with Crippen molar-refractivity contribution in [2.45, 2.75) is 25.0 Å². The summed E-state index contributed by atoms with van der Waals surface area (Å²) in [5.41, 5.74) is 0. The minimum absolute atomic E-state index is 0.399. The second-order valence-electron chi connectivity index (χ2n) is 3.47. The molecule has 0 bridgehead atoms. The number of ether oxygens (including phenoxy) is 1. The lowest BCUT2D eigenvalue weighted by Gasteiger charge is -2.30. The normalized spacial score (nSPS) is 29.5. The molecule has 3 nitrogen and oxygen atoms in total. The molecule has 1 saturated heterocycles. The van der Waals surface area contributed by atoms with Gasteiger partial charge in [0.1, 0.15) is 6.10 Å². The molecule has 1 fully saturated rings. The Hall–Kier alpha value is -0.540. The summed E-state index contributed by atoms with van der Waals surface area (Å²) in [6, 6.07) is 0.680. The third-order valence-electron chi connectivity index (χ3n) is 2.44. The van der Waals surface area contributed by atoms with E-state index < -0.39 is 0 Å². The zero-order valence-corrected chi connectivity index (χ0v) is 7.25. The summed E-state index contributed by atoms with van der Waals surface area (Å²) < 4.78 is 5.43. The van der Waals surface area contributed by atoms with E-state index in [1.807, 2.05) is 6.26 Å². The van der Waals surface area contributed by atoms with Crippen LogP contribution in [-0.4, -0.2) is 31.8 Å². The molecule has 1 atom stereocenters. The molecule has 12 heavy (non-hydrogen) atoms.